The molecule has 0 aliphatic heterocycles. The standard InChI is InChI=1S/C17H22FN3O/c1-10(2)4-5-12-8-14(18)16(19)15-13(9-21-17(12)15)6-7-20-11(3)22/h4,8-9,21H,5-7,19H2,1-3H3,(H,20,22). The second-order valence-corrected chi connectivity index (χ2v) is 5.71. The summed E-state index contributed by atoms with van der Waals surface area (Å²) in [6.07, 6.45) is 5.16. The van der Waals surface area contributed by atoms with Gasteiger partial charge in [0.15, 0.2) is 0 Å². The molecule has 0 spiro atoms. The van der Waals surface area contributed by atoms with E-state index in [4.69, 9.17) is 5.73 Å². The molecule has 1 aromatic heterocycles. The molecule has 1 amide bonds. The number of carbonyl (C=O) groups is 1. The van der Waals surface area contributed by atoms with Crippen molar-refractivity contribution in [1.29, 1.82) is 0 Å². The molecule has 4 nitrogen and oxygen atoms in total. The molecule has 0 saturated heterocycles. The van der Waals surface area contributed by atoms with Crippen molar-refractivity contribution < 1.29 is 9.18 Å². The Morgan fingerprint density at radius 2 is 2.09 bits per heavy atom. The number of hydrogen-bond acceptors (Lipinski definition) is 2. The van der Waals surface area contributed by atoms with Crippen molar-refractivity contribution in [3.05, 3.63) is 40.9 Å². The van der Waals surface area contributed by atoms with Crippen LogP contribution in [0.5, 0.6) is 0 Å². The first kappa shape index (κ1) is 16.1. The minimum absolute atomic E-state index is 0.0803. The number of nitrogens with two attached hydrogens (primary N) is 1. The molecule has 0 unspecified atom stereocenters. The Bertz CT molecular complexity index is 727. The summed E-state index contributed by atoms with van der Waals surface area (Å²) in [4.78, 5) is 14.1. The van der Waals surface area contributed by atoms with E-state index in [1.807, 2.05) is 20.0 Å². The van der Waals surface area contributed by atoms with Gasteiger partial charge in [-0.2, -0.15) is 0 Å². The maximum atomic E-state index is 14.1. The Morgan fingerprint density at radius 1 is 1.36 bits per heavy atom. The molecule has 1 aromatic carbocycles. The summed E-state index contributed by atoms with van der Waals surface area (Å²) in [5, 5.41) is 3.46. The van der Waals surface area contributed by atoms with Crippen molar-refractivity contribution in [2.45, 2.75) is 33.6 Å². The Morgan fingerprint density at radius 3 is 2.73 bits per heavy atom. The third-order valence-electron chi connectivity index (χ3n) is 3.61. The van der Waals surface area contributed by atoms with E-state index in [-0.39, 0.29) is 11.6 Å². The van der Waals surface area contributed by atoms with Gasteiger partial charge in [-0.05, 0) is 43.9 Å². The van der Waals surface area contributed by atoms with E-state index in [0.29, 0.717) is 19.4 Å². The number of halogens is 1. The molecule has 0 aliphatic rings. The van der Waals surface area contributed by atoms with Gasteiger partial charge >= 0.3 is 0 Å². The Balaban J connectivity index is 2.40. The Kier molecular flexibility index (Phi) is 4.85. The van der Waals surface area contributed by atoms with Gasteiger partial charge in [-0.15, -0.1) is 0 Å². The van der Waals surface area contributed by atoms with Crippen LogP contribution in [-0.2, 0) is 17.6 Å². The lowest BCUT2D eigenvalue weighted by Crippen LogP contribution is -2.22. The zero-order valence-electron chi connectivity index (χ0n) is 13.2. The maximum absolute atomic E-state index is 14.1. The number of hydrogen-bond donors (Lipinski definition) is 3. The van der Waals surface area contributed by atoms with Crippen molar-refractivity contribution in [1.82, 2.24) is 10.3 Å². The van der Waals surface area contributed by atoms with Gasteiger partial charge in [0.05, 0.1) is 11.2 Å². The van der Waals surface area contributed by atoms with Crippen LogP contribution >= 0.6 is 0 Å². The minimum atomic E-state index is -0.398. The number of benzene rings is 1. The monoisotopic (exact) mass is 303 g/mol. The summed E-state index contributed by atoms with van der Waals surface area (Å²) in [6, 6.07) is 1.49. The van der Waals surface area contributed by atoms with Crippen molar-refractivity contribution in [3.63, 3.8) is 0 Å². The highest BCUT2D eigenvalue weighted by atomic mass is 19.1. The molecule has 4 N–H and O–H groups in total. The molecule has 0 aliphatic carbocycles. The van der Waals surface area contributed by atoms with Crippen molar-refractivity contribution in [2.24, 2.45) is 0 Å². The molecular formula is C17H22FN3O. The van der Waals surface area contributed by atoms with Crippen LogP contribution in [0.2, 0.25) is 0 Å². The molecule has 2 rings (SSSR count). The molecule has 2 aromatic rings. The van der Waals surface area contributed by atoms with Crippen molar-refractivity contribution >= 4 is 22.5 Å². The van der Waals surface area contributed by atoms with Crippen molar-refractivity contribution in [3.8, 4) is 0 Å². The summed E-state index contributed by atoms with van der Waals surface area (Å²) < 4.78 is 14.1. The number of rotatable bonds is 5. The number of aromatic nitrogens is 1. The number of allylic oxidation sites excluding steroid dienone is 2. The van der Waals surface area contributed by atoms with Crippen molar-refractivity contribution in [2.75, 3.05) is 12.3 Å². The average molecular weight is 303 g/mol. The topological polar surface area (TPSA) is 70.9 Å². The Hall–Kier alpha value is -2.30. The minimum Gasteiger partial charge on any atom is -0.396 e. The van der Waals surface area contributed by atoms with E-state index in [9.17, 15) is 9.18 Å². The maximum Gasteiger partial charge on any atom is 0.216 e. The fraction of sp³-hybridized carbons (Fsp3) is 0.353. The smallest absolute Gasteiger partial charge is 0.216 e. The second kappa shape index (κ2) is 6.64. The second-order valence-electron chi connectivity index (χ2n) is 5.71. The predicted molar refractivity (Wildman–Crippen MR) is 88.2 cm³/mol. The number of amides is 1. The number of nitrogens with one attached hydrogen (secondary N) is 2. The fourth-order valence-electron chi connectivity index (χ4n) is 2.49. The summed E-state index contributed by atoms with van der Waals surface area (Å²) in [5.41, 5.74) is 9.94. The largest absolute Gasteiger partial charge is 0.396 e. The summed E-state index contributed by atoms with van der Waals surface area (Å²) in [7, 11) is 0. The molecule has 0 bridgehead atoms. The first-order valence-corrected chi connectivity index (χ1v) is 7.34. The van der Waals surface area contributed by atoms with Crippen LogP contribution in [0.3, 0.4) is 0 Å². The molecule has 5 heteroatoms. The van der Waals surface area contributed by atoms with Gasteiger partial charge in [0.2, 0.25) is 5.91 Å². The highest BCUT2D eigenvalue weighted by Crippen LogP contribution is 2.31. The van der Waals surface area contributed by atoms with Crippen LogP contribution in [0.1, 0.15) is 31.9 Å². The van der Waals surface area contributed by atoms with Gasteiger partial charge in [-0.25, -0.2) is 4.39 Å². The van der Waals surface area contributed by atoms with Gasteiger partial charge in [0.25, 0.3) is 0 Å². The third-order valence-corrected chi connectivity index (χ3v) is 3.61. The van der Waals surface area contributed by atoms with Gasteiger partial charge in [-0.3, -0.25) is 4.79 Å². The summed E-state index contributed by atoms with van der Waals surface area (Å²) >= 11 is 0. The predicted octanol–water partition coefficient (Wildman–Crippen LogP) is 3.08. The molecule has 0 atom stereocenters. The third kappa shape index (κ3) is 3.47. The van der Waals surface area contributed by atoms with E-state index >= 15 is 0 Å². The van der Waals surface area contributed by atoms with E-state index in [1.165, 1.54) is 18.6 Å². The molecule has 22 heavy (non-hydrogen) atoms. The van der Waals surface area contributed by atoms with E-state index < -0.39 is 5.82 Å². The zero-order chi connectivity index (χ0) is 16.3. The molecular weight excluding hydrogens is 281 g/mol. The van der Waals surface area contributed by atoms with Crippen LogP contribution in [0.25, 0.3) is 10.9 Å². The lowest BCUT2D eigenvalue weighted by Gasteiger charge is -2.08. The number of anilines is 1. The van der Waals surface area contributed by atoms with Gasteiger partial charge < -0.3 is 16.0 Å². The van der Waals surface area contributed by atoms with E-state index in [0.717, 1.165) is 22.0 Å². The molecule has 0 radical (unpaired) electrons. The number of H-pyrrole nitrogens is 1. The van der Waals surface area contributed by atoms with E-state index in [1.54, 1.807) is 0 Å². The first-order chi connectivity index (χ1) is 10.4. The van der Waals surface area contributed by atoms with Crippen LogP contribution in [0, 0.1) is 5.82 Å². The number of nitrogen functional groups attached to an aromatic ring is 1. The SMILES string of the molecule is CC(=O)NCCc1c[nH]c2c(CC=C(C)C)cc(F)c(N)c12. The van der Waals surface area contributed by atoms with Crippen LogP contribution in [0.15, 0.2) is 23.9 Å². The van der Waals surface area contributed by atoms with Crippen LogP contribution < -0.4 is 11.1 Å². The van der Waals surface area contributed by atoms with E-state index in [2.05, 4.69) is 16.4 Å². The molecule has 0 fully saturated rings. The summed E-state index contributed by atoms with van der Waals surface area (Å²) in [5.74, 6) is -0.478. The average Bonchev–Trinajstić information content (AvgIpc) is 2.85. The zero-order valence-corrected chi connectivity index (χ0v) is 13.2. The van der Waals surface area contributed by atoms with Crippen LogP contribution in [-0.4, -0.2) is 17.4 Å². The first-order valence-electron chi connectivity index (χ1n) is 7.34. The number of fused-ring (bicyclic) bond motifs is 1. The van der Waals surface area contributed by atoms with Gasteiger partial charge in [0, 0.05) is 25.1 Å². The molecule has 0 saturated carbocycles. The van der Waals surface area contributed by atoms with Gasteiger partial charge in [-0.1, -0.05) is 11.6 Å². The Labute approximate surface area is 129 Å². The molecule has 1 heterocycles. The van der Waals surface area contributed by atoms with Gasteiger partial charge in [0.1, 0.15) is 5.82 Å². The quantitative estimate of drug-likeness (QED) is 0.587. The number of aromatic amines is 1. The van der Waals surface area contributed by atoms with Crippen LogP contribution in [0.4, 0.5) is 10.1 Å². The molecule has 118 valence electrons. The number of carbonyl (C=O) groups excluding carboxylic acids is 1. The highest BCUT2D eigenvalue weighted by molar-refractivity contribution is 5.96. The highest BCUT2D eigenvalue weighted by Gasteiger charge is 2.14. The lowest BCUT2D eigenvalue weighted by molar-refractivity contribution is -0.118. The normalized spacial score (nSPS) is 10.7. The lowest BCUT2D eigenvalue weighted by atomic mass is 10.0. The fourth-order valence-corrected chi connectivity index (χ4v) is 2.49. The summed E-state index contributed by atoms with van der Waals surface area (Å²) in [6.45, 7) is 6.00.